The molecular weight excluding hydrogens is 256 g/mol. The third-order valence-corrected chi connectivity index (χ3v) is 3.53. The number of rotatable bonds is 5. The molecule has 1 aliphatic heterocycles. The monoisotopic (exact) mass is 276 g/mol. The first-order valence-electron chi connectivity index (χ1n) is 6.80. The molecule has 0 radical (unpaired) electrons. The van der Waals surface area contributed by atoms with Gasteiger partial charge in [0.15, 0.2) is 0 Å². The van der Waals surface area contributed by atoms with Crippen LogP contribution < -0.4 is 5.32 Å². The Balaban J connectivity index is 1.79. The number of hydrogen-bond acceptors (Lipinski definition) is 3. The maximum absolute atomic E-state index is 11.8. The van der Waals surface area contributed by atoms with Crippen LogP contribution in [-0.2, 0) is 9.59 Å². The molecule has 1 amide bonds. The van der Waals surface area contributed by atoms with E-state index in [-0.39, 0.29) is 18.4 Å². The van der Waals surface area contributed by atoms with Crippen LogP contribution in [-0.4, -0.2) is 41.5 Å². The molecule has 108 valence electrons. The summed E-state index contributed by atoms with van der Waals surface area (Å²) in [6, 6.07) is 7.79. The lowest BCUT2D eigenvalue weighted by Gasteiger charge is -2.35. The Morgan fingerprint density at radius 1 is 1.30 bits per heavy atom. The second-order valence-electron chi connectivity index (χ2n) is 5.55. The third-order valence-electron chi connectivity index (χ3n) is 3.53. The number of nitrogens with zero attached hydrogens (tertiary/aromatic N) is 1. The van der Waals surface area contributed by atoms with Gasteiger partial charge < -0.3 is 10.4 Å². The molecule has 5 nitrogen and oxygen atoms in total. The standard InChI is InChI=1S/C15H20N2O3/c1-10(2)11-3-5-13(6-4-11)16-14(18)9-17-7-12(8-17)15(19)20/h3-6,10,12H,7-9H2,1-2H3,(H,16,18)(H,19,20). The average molecular weight is 276 g/mol. The number of carbonyl (C=O) groups excluding carboxylic acids is 1. The predicted molar refractivity (Wildman–Crippen MR) is 76.7 cm³/mol. The summed E-state index contributed by atoms with van der Waals surface area (Å²) in [4.78, 5) is 24.3. The van der Waals surface area contributed by atoms with Crippen molar-refractivity contribution >= 4 is 17.6 Å². The summed E-state index contributed by atoms with van der Waals surface area (Å²) in [7, 11) is 0. The Bertz CT molecular complexity index is 490. The van der Waals surface area contributed by atoms with Gasteiger partial charge in [0.2, 0.25) is 5.91 Å². The van der Waals surface area contributed by atoms with Gasteiger partial charge in [0.25, 0.3) is 0 Å². The van der Waals surface area contributed by atoms with Crippen LogP contribution in [0.3, 0.4) is 0 Å². The van der Waals surface area contributed by atoms with Crippen molar-refractivity contribution in [2.45, 2.75) is 19.8 Å². The van der Waals surface area contributed by atoms with Crippen LogP contribution in [0, 0.1) is 5.92 Å². The fraction of sp³-hybridized carbons (Fsp3) is 0.467. The molecule has 1 heterocycles. The molecule has 1 fully saturated rings. The first kappa shape index (κ1) is 14.5. The smallest absolute Gasteiger partial charge is 0.309 e. The first-order chi connectivity index (χ1) is 9.45. The minimum Gasteiger partial charge on any atom is -0.481 e. The molecule has 2 rings (SSSR count). The van der Waals surface area contributed by atoms with E-state index < -0.39 is 5.97 Å². The number of hydrogen-bond donors (Lipinski definition) is 2. The lowest BCUT2D eigenvalue weighted by Crippen LogP contribution is -2.52. The zero-order valence-electron chi connectivity index (χ0n) is 11.8. The molecule has 0 saturated carbocycles. The molecule has 20 heavy (non-hydrogen) atoms. The summed E-state index contributed by atoms with van der Waals surface area (Å²) in [5.41, 5.74) is 2.00. The van der Waals surface area contributed by atoms with Crippen LogP contribution in [0.15, 0.2) is 24.3 Å². The van der Waals surface area contributed by atoms with Gasteiger partial charge >= 0.3 is 5.97 Å². The number of aliphatic carboxylic acids is 1. The Morgan fingerprint density at radius 2 is 1.90 bits per heavy atom. The van der Waals surface area contributed by atoms with E-state index in [4.69, 9.17) is 5.11 Å². The Kier molecular flexibility index (Phi) is 4.39. The highest BCUT2D eigenvalue weighted by atomic mass is 16.4. The average Bonchev–Trinajstić information content (AvgIpc) is 2.33. The molecule has 1 saturated heterocycles. The molecule has 0 atom stereocenters. The van der Waals surface area contributed by atoms with Gasteiger partial charge in [0, 0.05) is 18.8 Å². The first-order valence-corrected chi connectivity index (χ1v) is 6.80. The van der Waals surface area contributed by atoms with Crippen molar-refractivity contribution in [3.05, 3.63) is 29.8 Å². The number of nitrogens with one attached hydrogen (secondary N) is 1. The molecule has 1 aliphatic rings. The number of carboxylic acids is 1. The van der Waals surface area contributed by atoms with Crippen molar-refractivity contribution in [2.75, 3.05) is 25.0 Å². The second-order valence-corrected chi connectivity index (χ2v) is 5.55. The Labute approximate surface area is 118 Å². The summed E-state index contributed by atoms with van der Waals surface area (Å²) in [6.07, 6.45) is 0. The SMILES string of the molecule is CC(C)c1ccc(NC(=O)CN2CC(C(=O)O)C2)cc1. The molecular formula is C15H20N2O3. The molecule has 0 unspecified atom stereocenters. The van der Waals surface area contributed by atoms with E-state index in [0.29, 0.717) is 19.0 Å². The summed E-state index contributed by atoms with van der Waals surface area (Å²) in [5.74, 6) is -0.751. The molecule has 5 heteroatoms. The van der Waals surface area contributed by atoms with E-state index in [2.05, 4.69) is 19.2 Å². The van der Waals surface area contributed by atoms with Gasteiger partial charge in [-0.1, -0.05) is 26.0 Å². The van der Waals surface area contributed by atoms with Crippen LogP contribution in [0.5, 0.6) is 0 Å². The second kappa shape index (κ2) is 6.05. The Hall–Kier alpha value is -1.88. The largest absolute Gasteiger partial charge is 0.481 e. The van der Waals surface area contributed by atoms with Gasteiger partial charge in [-0.3, -0.25) is 14.5 Å². The predicted octanol–water partition coefficient (Wildman–Crippen LogP) is 1.76. The van der Waals surface area contributed by atoms with E-state index in [0.717, 1.165) is 5.69 Å². The van der Waals surface area contributed by atoms with E-state index in [1.807, 2.05) is 29.2 Å². The van der Waals surface area contributed by atoms with E-state index in [1.165, 1.54) is 5.56 Å². The van der Waals surface area contributed by atoms with Crippen molar-refractivity contribution in [3.8, 4) is 0 Å². The third kappa shape index (κ3) is 3.57. The summed E-state index contributed by atoms with van der Waals surface area (Å²) < 4.78 is 0. The zero-order chi connectivity index (χ0) is 14.7. The minimum atomic E-state index is -0.786. The fourth-order valence-electron chi connectivity index (χ4n) is 2.21. The lowest BCUT2D eigenvalue weighted by atomic mass is 10.0. The van der Waals surface area contributed by atoms with E-state index >= 15 is 0 Å². The molecule has 0 bridgehead atoms. The van der Waals surface area contributed by atoms with Gasteiger partial charge in [0.05, 0.1) is 12.5 Å². The normalized spacial score (nSPS) is 15.9. The summed E-state index contributed by atoms with van der Waals surface area (Å²) in [6.45, 7) is 5.40. The highest BCUT2D eigenvalue weighted by Gasteiger charge is 2.33. The topological polar surface area (TPSA) is 69.6 Å². The van der Waals surface area contributed by atoms with Gasteiger partial charge in [-0.2, -0.15) is 0 Å². The zero-order valence-corrected chi connectivity index (χ0v) is 11.8. The quantitative estimate of drug-likeness (QED) is 0.860. The van der Waals surface area contributed by atoms with Gasteiger partial charge in [0.1, 0.15) is 0 Å². The number of carboxylic acid groups (broad SMARTS) is 1. The maximum Gasteiger partial charge on any atom is 0.309 e. The van der Waals surface area contributed by atoms with Gasteiger partial charge in [-0.25, -0.2) is 0 Å². The van der Waals surface area contributed by atoms with Crippen LogP contribution >= 0.6 is 0 Å². The molecule has 1 aromatic rings. The summed E-state index contributed by atoms with van der Waals surface area (Å²) >= 11 is 0. The van der Waals surface area contributed by atoms with Crippen LogP contribution in [0.2, 0.25) is 0 Å². The highest BCUT2D eigenvalue weighted by Crippen LogP contribution is 2.18. The number of anilines is 1. The fourth-order valence-corrected chi connectivity index (χ4v) is 2.21. The lowest BCUT2D eigenvalue weighted by molar-refractivity contribution is -0.148. The number of carbonyl (C=O) groups is 2. The van der Waals surface area contributed by atoms with Crippen LogP contribution in [0.4, 0.5) is 5.69 Å². The molecule has 0 spiro atoms. The van der Waals surface area contributed by atoms with Gasteiger partial charge in [-0.05, 0) is 23.6 Å². The molecule has 0 aromatic heterocycles. The minimum absolute atomic E-state index is 0.105. The van der Waals surface area contributed by atoms with Crippen LogP contribution in [0.25, 0.3) is 0 Å². The maximum atomic E-state index is 11.8. The molecule has 1 aromatic carbocycles. The number of amides is 1. The number of benzene rings is 1. The van der Waals surface area contributed by atoms with E-state index in [9.17, 15) is 9.59 Å². The van der Waals surface area contributed by atoms with Crippen molar-refractivity contribution in [1.82, 2.24) is 4.90 Å². The van der Waals surface area contributed by atoms with Crippen molar-refractivity contribution < 1.29 is 14.7 Å². The van der Waals surface area contributed by atoms with Crippen molar-refractivity contribution in [2.24, 2.45) is 5.92 Å². The molecule has 2 N–H and O–H groups in total. The van der Waals surface area contributed by atoms with Gasteiger partial charge in [-0.15, -0.1) is 0 Å². The van der Waals surface area contributed by atoms with Crippen molar-refractivity contribution in [1.29, 1.82) is 0 Å². The molecule has 0 aliphatic carbocycles. The van der Waals surface area contributed by atoms with E-state index in [1.54, 1.807) is 0 Å². The van der Waals surface area contributed by atoms with Crippen LogP contribution in [0.1, 0.15) is 25.3 Å². The van der Waals surface area contributed by atoms with Crippen molar-refractivity contribution in [3.63, 3.8) is 0 Å². The number of likely N-dealkylation sites (tertiary alicyclic amines) is 1. The summed E-state index contributed by atoms with van der Waals surface area (Å²) in [5, 5.41) is 11.6. The highest BCUT2D eigenvalue weighted by molar-refractivity contribution is 5.92. The Morgan fingerprint density at radius 3 is 2.40 bits per heavy atom.